The van der Waals surface area contributed by atoms with Crippen LogP contribution in [-0.4, -0.2) is 27.7 Å². The van der Waals surface area contributed by atoms with E-state index >= 15 is 0 Å². The molecule has 6 heteroatoms. The molecule has 1 aliphatic rings. The van der Waals surface area contributed by atoms with Gasteiger partial charge in [-0.1, -0.05) is 39.0 Å². The van der Waals surface area contributed by atoms with Gasteiger partial charge in [0.05, 0.1) is 12.8 Å². The third-order valence-corrected chi connectivity index (χ3v) is 5.13. The molecule has 0 atom stereocenters. The van der Waals surface area contributed by atoms with Crippen molar-refractivity contribution in [2.45, 2.75) is 64.2 Å². The number of nitrogens with zero attached hydrogens (tertiary/aromatic N) is 3. The summed E-state index contributed by atoms with van der Waals surface area (Å²) in [6.07, 6.45) is 11.5. The third kappa shape index (κ3) is 5.04. The Hall–Kier alpha value is -1.95. The van der Waals surface area contributed by atoms with Crippen LogP contribution in [0.3, 0.4) is 0 Å². The molecule has 1 heterocycles. The number of benzene rings is 1. The van der Waals surface area contributed by atoms with E-state index in [0.29, 0.717) is 10.7 Å². The lowest BCUT2D eigenvalue weighted by Gasteiger charge is -2.19. The average Bonchev–Trinajstić information content (AvgIpc) is 3.06. The molecule has 0 amide bonds. The van der Waals surface area contributed by atoms with Crippen molar-refractivity contribution >= 4 is 18.4 Å². The summed E-state index contributed by atoms with van der Waals surface area (Å²) in [5, 5.41) is 11.9. The largest absolute Gasteiger partial charge is 0.494 e. The van der Waals surface area contributed by atoms with Crippen LogP contribution in [0.1, 0.15) is 75.6 Å². The number of H-pyrrole nitrogens is 1. The molecule has 1 aromatic heterocycles. The summed E-state index contributed by atoms with van der Waals surface area (Å²) in [6.45, 7) is 2.97. The van der Waals surface area contributed by atoms with E-state index in [4.69, 9.17) is 17.0 Å². The monoisotopic (exact) mass is 372 g/mol. The van der Waals surface area contributed by atoms with Crippen molar-refractivity contribution in [2.75, 3.05) is 6.61 Å². The van der Waals surface area contributed by atoms with E-state index in [1.807, 2.05) is 30.5 Å². The van der Waals surface area contributed by atoms with E-state index in [9.17, 15) is 0 Å². The first-order valence-corrected chi connectivity index (χ1v) is 10.1. The molecular weight excluding hydrogens is 344 g/mol. The van der Waals surface area contributed by atoms with Crippen molar-refractivity contribution in [1.82, 2.24) is 14.9 Å². The lowest BCUT2D eigenvalue weighted by atomic mass is 9.89. The maximum Gasteiger partial charge on any atom is 0.216 e. The molecular formula is C20H28N4OS. The minimum absolute atomic E-state index is 0.452. The zero-order valence-electron chi connectivity index (χ0n) is 15.5. The molecule has 1 N–H and O–H groups in total. The minimum atomic E-state index is 0.452. The molecule has 26 heavy (non-hydrogen) atoms. The number of hydrogen-bond donors (Lipinski definition) is 1. The molecule has 1 saturated carbocycles. The van der Waals surface area contributed by atoms with Crippen LogP contribution in [0, 0.1) is 4.77 Å². The quantitative estimate of drug-likeness (QED) is 0.381. The molecule has 0 aliphatic heterocycles. The molecule has 1 fully saturated rings. The van der Waals surface area contributed by atoms with Crippen molar-refractivity contribution < 1.29 is 4.74 Å². The molecule has 3 rings (SSSR count). The predicted molar refractivity (Wildman–Crippen MR) is 108 cm³/mol. The van der Waals surface area contributed by atoms with Gasteiger partial charge < -0.3 is 4.74 Å². The van der Waals surface area contributed by atoms with Gasteiger partial charge in [-0.15, -0.1) is 0 Å². The first-order chi connectivity index (χ1) is 12.8. The van der Waals surface area contributed by atoms with Crippen LogP contribution in [0.15, 0.2) is 29.4 Å². The Kier molecular flexibility index (Phi) is 7.00. The van der Waals surface area contributed by atoms with Crippen molar-refractivity contribution in [3.63, 3.8) is 0 Å². The Bertz CT molecular complexity index is 757. The summed E-state index contributed by atoms with van der Waals surface area (Å²) in [5.74, 6) is 2.32. The van der Waals surface area contributed by atoms with Crippen LogP contribution in [0.5, 0.6) is 5.75 Å². The van der Waals surface area contributed by atoms with E-state index in [2.05, 4.69) is 22.2 Å². The van der Waals surface area contributed by atoms with E-state index in [1.54, 1.807) is 4.68 Å². The Morgan fingerprint density at radius 3 is 2.73 bits per heavy atom. The van der Waals surface area contributed by atoms with Gasteiger partial charge in [-0.25, -0.2) is 0 Å². The van der Waals surface area contributed by atoms with E-state index in [0.717, 1.165) is 30.2 Å². The molecule has 0 unspecified atom stereocenters. The van der Waals surface area contributed by atoms with Crippen LogP contribution < -0.4 is 4.74 Å². The highest BCUT2D eigenvalue weighted by Gasteiger charge is 2.21. The van der Waals surface area contributed by atoms with Gasteiger partial charge in [0.25, 0.3) is 0 Å². The second kappa shape index (κ2) is 9.67. The van der Waals surface area contributed by atoms with Crippen LogP contribution in [-0.2, 0) is 0 Å². The number of unbranched alkanes of at least 4 members (excludes halogenated alkanes) is 2. The summed E-state index contributed by atoms with van der Waals surface area (Å²) < 4.78 is 8.08. The van der Waals surface area contributed by atoms with Gasteiger partial charge in [0.2, 0.25) is 4.77 Å². The fourth-order valence-electron chi connectivity index (χ4n) is 3.36. The zero-order chi connectivity index (χ0) is 18.2. The van der Waals surface area contributed by atoms with E-state index in [-0.39, 0.29) is 0 Å². The number of nitrogens with one attached hydrogen (secondary N) is 1. The zero-order valence-corrected chi connectivity index (χ0v) is 16.3. The lowest BCUT2D eigenvalue weighted by Crippen LogP contribution is -2.10. The van der Waals surface area contributed by atoms with E-state index < -0.39 is 0 Å². The summed E-state index contributed by atoms with van der Waals surface area (Å²) in [6, 6.07) is 8.01. The van der Waals surface area contributed by atoms with Crippen molar-refractivity contribution in [2.24, 2.45) is 5.10 Å². The first-order valence-electron chi connectivity index (χ1n) is 9.72. The van der Waals surface area contributed by atoms with Gasteiger partial charge in [0.15, 0.2) is 5.82 Å². The normalized spacial score (nSPS) is 15.6. The molecule has 5 nitrogen and oxygen atoms in total. The number of aromatic amines is 1. The van der Waals surface area contributed by atoms with Crippen molar-refractivity contribution in [3.05, 3.63) is 40.4 Å². The summed E-state index contributed by atoms with van der Waals surface area (Å²) in [7, 11) is 0. The summed E-state index contributed by atoms with van der Waals surface area (Å²) in [5.41, 5.74) is 1.02. The Balaban J connectivity index is 1.64. The van der Waals surface area contributed by atoms with E-state index in [1.165, 1.54) is 44.9 Å². The second-order valence-electron chi connectivity index (χ2n) is 6.90. The summed E-state index contributed by atoms with van der Waals surface area (Å²) in [4.78, 5) is 0. The molecule has 1 aliphatic carbocycles. The molecule has 140 valence electrons. The molecule has 0 bridgehead atoms. The van der Waals surface area contributed by atoms with Crippen molar-refractivity contribution in [1.29, 1.82) is 0 Å². The maximum absolute atomic E-state index is 5.75. The molecule has 0 spiro atoms. The Morgan fingerprint density at radius 2 is 2.00 bits per heavy atom. The highest BCUT2D eigenvalue weighted by atomic mass is 32.1. The number of aromatic nitrogens is 3. The predicted octanol–water partition coefficient (Wildman–Crippen LogP) is 5.44. The SMILES string of the molecule is CCCCCOc1ccc(C=Nn2c(C3CCCCC3)n[nH]c2=S)cc1. The van der Waals surface area contributed by atoms with Crippen LogP contribution in [0.2, 0.25) is 0 Å². The number of rotatable bonds is 8. The number of ether oxygens (including phenoxy) is 1. The topological polar surface area (TPSA) is 55.2 Å². The number of hydrogen-bond acceptors (Lipinski definition) is 4. The van der Waals surface area contributed by atoms with Gasteiger partial charge in [0, 0.05) is 5.92 Å². The van der Waals surface area contributed by atoms with Crippen LogP contribution in [0.4, 0.5) is 0 Å². The fraction of sp³-hybridized carbons (Fsp3) is 0.550. The fourth-order valence-corrected chi connectivity index (χ4v) is 3.54. The van der Waals surface area contributed by atoms with Gasteiger partial charge in [-0.3, -0.25) is 5.10 Å². The third-order valence-electron chi connectivity index (χ3n) is 4.86. The molecule has 0 radical (unpaired) electrons. The highest BCUT2D eigenvalue weighted by Crippen LogP contribution is 2.31. The van der Waals surface area contributed by atoms with Gasteiger partial charge in [0.1, 0.15) is 5.75 Å². The molecule has 1 aromatic carbocycles. The highest BCUT2D eigenvalue weighted by molar-refractivity contribution is 7.71. The Labute approximate surface area is 160 Å². The molecule has 2 aromatic rings. The average molecular weight is 373 g/mol. The molecule has 0 saturated heterocycles. The summed E-state index contributed by atoms with van der Waals surface area (Å²) >= 11 is 5.36. The maximum atomic E-state index is 5.75. The van der Waals surface area contributed by atoms with Crippen molar-refractivity contribution in [3.8, 4) is 5.75 Å². The second-order valence-corrected chi connectivity index (χ2v) is 7.29. The van der Waals surface area contributed by atoms with Gasteiger partial charge in [-0.2, -0.15) is 14.9 Å². The van der Waals surface area contributed by atoms with Crippen LogP contribution in [0.25, 0.3) is 0 Å². The van der Waals surface area contributed by atoms with Gasteiger partial charge >= 0.3 is 0 Å². The smallest absolute Gasteiger partial charge is 0.216 e. The standard InChI is InChI=1S/C20H28N4OS/c1-2-3-7-14-25-18-12-10-16(11-13-18)15-21-24-19(22-23-20(24)26)17-8-5-4-6-9-17/h10-13,15,17H,2-9,14H2,1H3,(H,23,26). The minimum Gasteiger partial charge on any atom is -0.494 e. The lowest BCUT2D eigenvalue weighted by molar-refractivity contribution is 0.306. The Morgan fingerprint density at radius 1 is 1.23 bits per heavy atom. The first kappa shape index (κ1) is 18.8. The van der Waals surface area contributed by atoms with Crippen LogP contribution >= 0.6 is 12.2 Å². The van der Waals surface area contributed by atoms with Gasteiger partial charge in [-0.05, 0) is 61.3 Å².